The van der Waals surface area contributed by atoms with Crippen LogP contribution in [0.4, 0.5) is 5.69 Å². The van der Waals surface area contributed by atoms with E-state index in [1.807, 2.05) is 55.0 Å². The van der Waals surface area contributed by atoms with E-state index in [1.165, 1.54) is 5.56 Å². The van der Waals surface area contributed by atoms with Gasteiger partial charge in [0.25, 0.3) is 5.91 Å². The number of para-hydroxylation sites is 1. The molecule has 31 heavy (non-hydrogen) atoms. The third-order valence-corrected chi connectivity index (χ3v) is 6.61. The molecule has 3 aromatic rings. The molecule has 7 nitrogen and oxygen atoms in total. The number of rotatable bonds is 2. The van der Waals surface area contributed by atoms with E-state index in [4.69, 9.17) is 0 Å². The van der Waals surface area contributed by atoms with Crippen molar-refractivity contribution in [1.82, 2.24) is 19.7 Å². The number of piperidine rings is 1. The Bertz CT molecular complexity index is 1190. The van der Waals surface area contributed by atoms with Crippen molar-refractivity contribution in [2.45, 2.75) is 33.1 Å². The minimum atomic E-state index is -0.0328. The summed E-state index contributed by atoms with van der Waals surface area (Å²) in [4.78, 5) is 34.9. The SMILES string of the molecule is Cc1cc(C(=O)N2CCC(C(=O)N3CCc4ccccc43)CC2)c2c(C)nn(C)c2n1. The molecule has 1 fully saturated rings. The van der Waals surface area contributed by atoms with Crippen molar-refractivity contribution in [2.75, 3.05) is 24.5 Å². The predicted octanol–water partition coefficient (Wildman–Crippen LogP) is 3.03. The van der Waals surface area contributed by atoms with Crippen LogP contribution in [0.2, 0.25) is 0 Å². The molecule has 2 amide bonds. The molecular formula is C24H27N5O2. The fraction of sp³-hybridized carbons (Fsp3) is 0.417. The van der Waals surface area contributed by atoms with E-state index in [0.717, 1.165) is 41.1 Å². The number of hydrogen-bond donors (Lipinski definition) is 0. The smallest absolute Gasteiger partial charge is 0.254 e. The van der Waals surface area contributed by atoms with E-state index >= 15 is 0 Å². The van der Waals surface area contributed by atoms with Crippen molar-refractivity contribution in [3.05, 3.63) is 52.8 Å². The summed E-state index contributed by atoms with van der Waals surface area (Å²) in [5.74, 6) is 0.167. The first-order valence-electron chi connectivity index (χ1n) is 10.9. The van der Waals surface area contributed by atoms with Crippen LogP contribution in [0.15, 0.2) is 30.3 Å². The zero-order valence-corrected chi connectivity index (χ0v) is 18.3. The maximum atomic E-state index is 13.4. The highest BCUT2D eigenvalue weighted by Crippen LogP contribution is 2.31. The highest BCUT2D eigenvalue weighted by molar-refractivity contribution is 6.06. The number of carbonyl (C=O) groups is 2. The van der Waals surface area contributed by atoms with E-state index < -0.39 is 0 Å². The topological polar surface area (TPSA) is 71.3 Å². The van der Waals surface area contributed by atoms with Gasteiger partial charge < -0.3 is 9.80 Å². The molecule has 1 aromatic carbocycles. The number of likely N-dealkylation sites (tertiary alicyclic amines) is 1. The second-order valence-electron chi connectivity index (χ2n) is 8.65. The van der Waals surface area contributed by atoms with Gasteiger partial charge in [-0.25, -0.2) is 4.98 Å². The second kappa shape index (κ2) is 7.48. The van der Waals surface area contributed by atoms with Crippen molar-refractivity contribution in [1.29, 1.82) is 0 Å². The van der Waals surface area contributed by atoms with E-state index in [1.54, 1.807) is 4.68 Å². The van der Waals surface area contributed by atoms with Crippen LogP contribution < -0.4 is 4.90 Å². The van der Waals surface area contributed by atoms with Gasteiger partial charge in [-0.15, -0.1) is 0 Å². The lowest BCUT2D eigenvalue weighted by Crippen LogP contribution is -2.44. The van der Waals surface area contributed by atoms with Crippen molar-refractivity contribution >= 4 is 28.5 Å². The minimum absolute atomic E-state index is 0.00372. The van der Waals surface area contributed by atoms with Gasteiger partial charge in [-0.1, -0.05) is 18.2 Å². The molecule has 0 saturated carbocycles. The van der Waals surface area contributed by atoms with E-state index in [0.29, 0.717) is 31.5 Å². The summed E-state index contributed by atoms with van der Waals surface area (Å²) >= 11 is 0. The molecule has 0 radical (unpaired) electrons. The van der Waals surface area contributed by atoms with Crippen molar-refractivity contribution < 1.29 is 9.59 Å². The van der Waals surface area contributed by atoms with Gasteiger partial charge in [-0.05, 0) is 50.8 Å². The average molecular weight is 418 g/mol. The first kappa shape index (κ1) is 19.7. The standard InChI is InChI=1S/C24H27N5O2/c1-15-14-19(21-16(2)26-27(3)22(21)25-15)24(31)28-11-8-18(9-12-28)23(30)29-13-10-17-6-4-5-7-20(17)29/h4-7,14,18H,8-13H2,1-3H3. The fourth-order valence-electron chi connectivity index (χ4n) is 5.03. The number of fused-ring (bicyclic) bond motifs is 2. The van der Waals surface area contributed by atoms with Crippen LogP contribution in [-0.4, -0.2) is 51.1 Å². The summed E-state index contributed by atoms with van der Waals surface area (Å²) in [6.45, 7) is 5.75. The van der Waals surface area contributed by atoms with Crippen LogP contribution in [0.25, 0.3) is 11.0 Å². The second-order valence-corrected chi connectivity index (χ2v) is 8.65. The van der Waals surface area contributed by atoms with Crippen LogP contribution in [0.1, 0.15) is 40.2 Å². The van der Waals surface area contributed by atoms with Crippen LogP contribution in [0, 0.1) is 19.8 Å². The van der Waals surface area contributed by atoms with Gasteiger partial charge in [0.15, 0.2) is 5.65 Å². The number of carbonyl (C=O) groups excluding carboxylic acids is 2. The third-order valence-electron chi connectivity index (χ3n) is 6.61. The number of amides is 2. The first-order chi connectivity index (χ1) is 14.9. The maximum Gasteiger partial charge on any atom is 0.254 e. The third kappa shape index (κ3) is 3.28. The molecule has 0 aliphatic carbocycles. The summed E-state index contributed by atoms with van der Waals surface area (Å²) in [5, 5.41) is 5.27. The highest BCUT2D eigenvalue weighted by Gasteiger charge is 2.34. The number of pyridine rings is 1. The van der Waals surface area contributed by atoms with Gasteiger partial charge in [0.2, 0.25) is 5.91 Å². The maximum absolute atomic E-state index is 13.4. The minimum Gasteiger partial charge on any atom is -0.339 e. The summed E-state index contributed by atoms with van der Waals surface area (Å²) in [6, 6.07) is 10.0. The van der Waals surface area contributed by atoms with Crippen LogP contribution in [-0.2, 0) is 18.3 Å². The molecule has 2 aliphatic heterocycles. The van der Waals surface area contributed by atoms with Crippen LogP contribution in [0.3, 0.4) is 0 Å². The van der Waals surface area contributed by atoms with Gasteiger partial charge >= 0.3 is 0 Å². The molecule has 5 rings (SSSR count). The summed E-state index contributed by atoms with van der Waals surface area (Å²) in [7, 11) is 1.85. The molecule has 2 aromatic heterocycles. The predicted molar refractivity (Wildman–Crippen MR) is 119 cm³/mol. The first-order valence-corrected chi connectivity index (χ1v) is 10.9. The molecule has 0 bridgehead atoms. The van der Waals surface area contributed by atoms with E-state index in [2.05, 4.69) is 16.1 Å². The number of hydrogen-bond acceptors (Lipinski definition) is 4. The molecule has 160 valence electrons. The molecule has 0 atom stereocenters. The quantitative estimate of drug-likeness (QED) is 0.643. The molecule has 0 unspecified atom stereocenters. The molecule has 4 heterocycles. The highest BCUT2D eigenvalue weighted by atomic mass is 16.2. The normalized spacial score (nSPS) is 16.7. The summed E-state index contributed by atoms with van der Waals surface area (Å²) in [6.07, 6.45) is 2.31. The Morgan fingerprint density at radius 1 is 1.06 bits per heavy atom. The lowest BCUT2D eigenvalue weighted by Gasteiger charge is -2.33. The Morgan fingerprint density at radius 2 is 1.81 bits per heavy atom. The molecule has 1 saturated heterocycles. The number of benzene rings is 1. The Balaban J connectivity index is 1.32. The molecule has 0 spiro atoms. The zero-order valence-electron chi connectivity index (χ0n) is 18.3. The Kier molecular flexibility index (Phi) is 4.76. The summed E-state index contributed by atoms with van der Waals surface area (Å²) in [5.41, 5.74) is 5.30. The van der Waals surface area contributed by atoms with E-state index in [9.17, 15) is 9.59 Å². The lowest BCUT2D eigenvalue weighted by molar-refractivity contribution is -0.123. The number of nitrogens with zero attached hydrogens (tertiary/aromatic N) is 5. The van der Waals surface area contributed by atoms with Crippen molar-refractivity contribution in [3.8, 4) is 0 Å². The van der Waals surface area contributed by atoms with Crippen molar-refractivity contribution in [2.24, 2.45) is 13.0 Å². The van der Waals surface area contributed by atoms with Gasteiger partial charge in [0, 0.05) is 44.0 Å². The molecule has 7 heteroatoms. The number of aryl methyl sites for hydroxylation is 3. The van der Waals surface area contributed by atoms with E-state index in [-0.39, 0.29) is 17.7 Å². The lowest BCUT2D eigenvalue weighted by atomic mass is 9.94. The van der Waals surface area contributed by atoms with Crippen LogP contribution in [0.5, 0.6) is 0 Å². The summed E-state index contributed by atoms with van der Waals surface area (Å²) < 4.78 is 1.73. The van der Waals surface area contributed by atoms with Gasteiger partial charge in [-0.2, -0.15) is 5.10 Å². The number of anilines is 1. The zero-order chi connectivity index (χ0) is 21.7. The molecule has 0 N–H and O–H groups in total. The molecule has 2 aliphatic rings. The Morgan fingerprint density at radius 3 is 2.58 bits per heavy atom. The monoisotopic (exact) mass is 417 g/mol. The molecular weight excluding hydrogens is 390 g/mol. The van der Waals surface area contributed by atoms with Gasteiger partial charge in [-0.3, -0.25) is 14.3 Å². The van der Waals surface area contributed by atoms with Gasteiger partial charge in [0.05, 0.1) is 16.6 Å². The van der Waals surface area contributed by atoms with Crippen LogP contribution >= 0.6 is 0 Å². The number of aromatic nitrogens is 3. The Labute approximate surface area is 181 Å². The van der Waals surface area contributed by atoms with Gasteiger partial charge in [0.1, 0.15) is 0 Å². The average Bonchev–Trinajstić information content (AvgIpc) is 3.33. The van der Waals surface area contributed by atoms with Crippen molar-refractivity contribution in [3.63, 3.8) is 0 Å². The Hall–Kier alpha value is -3.22. The fourth-order valence-corrected chi connectivity index (χ4v) is 5.03. The largest absolute Gasteiger partial charge is 0.339 e.